The molecule has 0 bridgehead atoms. The second-order valence-corrected chi connectivity index (χ2v) is 2.81. The summed E-state index contributed by atoms with van der Waals surface area (Å²) >= 11 is 0. The molecule has 0 saturated heterocycles. The Bertz CT molecular complexity index is 216. The lowest BCUT2D eigenvalue weighted by Gasteiger charge is -2.17. The standard InChI is InChI=1S/C9H16N2O3/c1-3-5-11(7-9(13)14)6-8(12)10-4-2/h3H,1,4-7H2,2H3,(H,10,12)(H,13,14). The summed E-state index contributed by atoms with van der Waals surface area (Å²) in [6.45, 7) is 6.19. The third-order valence-corrected chi connectivity index (χ3v) is 1.49. The van der Waals surface area contributed by atoms with Gasteiger partial charge >= 0.3 is 5.97 Å². The van der Waals surface area contributed by atoms with Gasteiger partial charge in [0.05, 0.1) is 13.1 Å². The fraction of sp³-hybridized carbons (Fsp3) is 0.556. The maximum absolute atomic E-state index is 11.1. The average Bonchev–Trinajstić information content (AvgIpc) is 2.03. The van der Waals surface area contributed by atoms with E-state index in [1.807, 2.05) is 6.92 Å². The molecule has 0 aromatic heterocycles. The fourth-order valence-electron chi connectivity index (χ4n) is 1.02. The van der Waals surface area contributed by atoms with Crippen LogP contribution in [-0.4, -0.2) is 48.1 Å². The maximum Gasteiger partial charge on any atom is 0.317 e. The Morgan fingerprint density at radius 3 is 2.57 bits per heavy atom. The Labute approximate surface area is 83.4 Å². The van der Waals surface area contributed by atoms with Gasteiger partial charge in [0.25, 0.3) is 0 Å². The van der Waals surface area contributed by atoms with Crippen LogP contribution in [0.25, 0.3) is 0 Å². The number of nitrogens with one attached hydrogen (secondary N) is 1. The number of nitrogens with zero attached hydrogens (tertiary/aromatic N) is 1. The number of hydrogen-bond acceptors (Lipinski definition) is 3. The molecule has 0 aliphatic carbocycles. The van der Waals surface area contributed by atoms with Crippen molar-refractivity contribution < 1.29 is 14.7 Å². The summed E-state index contributed by atoms with van der Waals surface area (Å²) in [5.41, 5.74) is 0. The minimum absolute atomic E-state index is 0.0894. The highest BCUT2D eigenvalue weighted by molar-refractivity contribution is 5.78. The van der Waals surface area contributed by atoms with Crippen molar-refractivity contribution in [1.29, 1.82) is 0 Å². The van der Waals surface area contributed by atoms with Crippen molar-refractivity contribution in [1.82, 2.24) is 10.2 Å². The van der Waals surface area contributed by atoms with Gasteiger partial charge in [0, 0.05) is 13.1 Å². The lowest BCUT2D eigenvalue weighted by Crippen LogP contribution is -2.39. The van der Waals surface area contributed by atoms with Crippen molar-refractivity contribution in [2.45, 2.75) is 6.92 Å². The quantitative estimate of drug-likeness (QED) is 0.553. The Morgan fingerprint density at radius 1 is 1.50 bits per heavy atom. The van der Waals surface area contributed by atoms with Gasteiger partial charge in [0.1, 0.15) is 0 Å². The first-order valence-electron chi connectivity index (χ1n) is 4.41. The highest BCUT2D eigenvalue weighted by Crippen LogP contribution is 1.88. The average molecular weight is 200 g/mol. The molecule has 0 spiro atoms. The maximum atomic E-state index is 11.1. The SMILES string of the molecule is C=CCN(CC(=O)O)CC(=O)NCC. The van der Waals surface area contributed by atoms with Crippen LogP contribution in [0.1, 0.15) is 6.92 Å². The summed E-state index contributed by atoms with van der Waals surface area (Å²) in [7, 11) is 0. The van der Waals surface area contributed by atoms with Crippen molar-refractivity contribution >= 4 is 11.9 Å². The monoisotopic (exact) mass is 200 g/mol. The zero-order valence-electron chi connectivity index (χ0n) is 8.32. The van der Waals surface area contributed by atoms with Crippen LogP contribution in [0.5, 0.6) is 0 Å². The Hall–Kier alpha value is -1.36. The highest BCUT2D eigenvalue weighted by atomic mass is 16.4. The van der Waals surface area contributed by atoms with Crippen molar-refractivity contribution in [2.75, 3.05) is 26.2 Å². The zero-order chi connectivity index (χ0) is 11.0. The number of hydrogen-bond donors (Lipinski definition) is 2. The van der Waals surface area contributed by atoms with Gasteiger partial charge in [-0.25, -0.2) is 0 Å². The van der Waals surface area contributed by atoms with Gasteiger partial charge in [0.2, 0.25) is 5.91 Å². The van der Waals surface area contributed by atoms with Gasteiger partial charge in [-0.1, -0.05) is 6.08 Å². The molecule has 0 unspecified atom stereocenters. The predicted octanol–water partition coefficient (Wildman–Crippen LogP) is -0.305. The minimum atomic E-state index is -0.948. The number of carboxylic acid groups (broad SMARTS) is 1. The summed E-state index contributed by atoms with van der Waals surface area (Å²) < 4.78 is 0. The molecule has 0 fully saturated rings. The molecule has 0 atom stereocenters. The number of carboxylic acids is 1. The van der Waals surface area contributed by atoms with Gasteiger partial charge in [-0.15, -0.1) is 6.58 Å². The summed E-state index contributed by atoms with van der Waals surface area (Å²) in [5.74, 6) is -1.12. The molecule has 80 valence electrons. The lowest BCUT2D eigenvalue weighted by atomic mass is 10.4. The molecule has 0 heterocycles. The van der Waals surface area contributed by atoms with Gasteiger partial charge in [-0.3, -0.25) is 14.5 Å². The first kappa shape index (κ1) is 12.6. The third-order valence-electron chi connectivity index (χ3n) is 1.49. The minimum Gasteiger partial charge on any atom is -0.480 e. The van der Waals surface area contributed by atoms with E-state index in [1.165, 1.54) is 4.90 Å². The van der Waals surface area contributed by atoms with Gasteiger partial charge in [-0.2, -0.15) is 0 Å². The summed E-state index contributed by atoms with van der Waals surface area (Å²) in [5, 5.41) is 11.1. The summed E-state index contributed by atoms with van der Waals surface area (Å²) in [6.07, 6.45) is 1.57. The number of rotatable bonds is 7. The third kappa shape index (κ3) is 6.19. The Balaban J connectivity index is 4.00. The van der Waals surface area contributed by atoms with E-state index in [1.54, 1.807) is 6.08 Å². The molecule has 0 radical (unpaired) electrons. The van der Waals surface area contributed by atoms with Crippen LogP contribution >= 0.6 is 0 Å². The van der Waals surface area contributed by atoms with Crippen molar-refractivity contribution in [3.05, 3.63) is 12.7 Å². The van der Waals surface area contributed by atoms with Crippen LogP contribution in [0.2, 0.25) is 0 Å². The van der Waals surface area contributed by atoms with Crippen molar-refractivity contribution in [3.8, 4) is 0 Å². The van der Waals surface area contributed by atoms with E-state index < -0.39 is 5.97 Å². The fourth-order valence-corrected chi connectivity index (χ4v) is 1.02. The molecule has 14 heavy (non-hydrogen) atoms. The largest absolute Gasteiger partial charge is 0.480 e. The van der Waals surface area contributed by atoms with Crippen molar-refractivity contribution in [2.24, 2.45) is 0 Å². The Kier molecular flexibility index (Phi) is 6.39. The molecule has 0 saturated carbocycles. The molecule has 0 aliphatic heterocycles. The smallest absolute Gasteiger partial charge is 0.317 e. The van der Waals surface area contributed by atoms with E-state index in [0.29, 0.717) is 13.1 Å². The van der Waals surface area contributed by atoms with Crippen LogP contribution in [-0.2, 0) is 9.59 Å². The number of aliphatic carboxylic acids is 1. The molecule has 1 amide bonds. The van der Waals surface area contributed by atoms with E-state index in [0.717, 1.165) is 0 Å². The predicted molar refractivity (Wildman–Crippen MR) is 53.0 cm³/mol. The molecule has 0 aromatic rings. The summed E-state index contributed by atoms with van der Waals surface area (Å²) in [4.78, 5) is 23.0. The van der Waals surface area contributed by atoms with E-state index in [9.17, 15) is 9.59 Å². The molecule has 5 heteroatoms. The molecule has 0 aliphatic rings. The highest BCUT2D eigenvalue weighted by Gasteiger charge is 2.11. The van der Waals surface area contributed by atoms with E-state index in [4.69, 9.17) is 5.11 Å². The number of amides is 1. The van der Waals surface area contributed by atoms with Crippen LogP contribution < -0.4 is 5.32 Å². The number of likely N-dealkylation sites (N-methyl/N-ethyl adjacent to an activating group) is 1. The first-order valence-corrected chi connectivity index (χ1v) is 4.41. The van der Waals surface area contributed by atoms with Crippen LogP contribution in [0, 0.1) is 0 Å². The van der Waals surface area contributed by atoms with Crippen LogP contribution in [0.15, 0.2) is 12.7 Å². The van der Waals surface area contributed by atoms with E-state index in [-0.39, 0.29) is 19.0 Å². The van der Waals surface area contributed by atoms with Crippen molar-refractivity contribution in [3.63, 3.8) is 0 Å². The lowest BCUT2D eigenvalue weighted by molar-refractivity contribution is -0.138. The Morgan fingerprint density at radius 2 is 2.14 bits per heavy atom. The van der Waals surface area contributed by atoms with E-state index >= 15 is 0 Å². The number of carbonyl (C=O) groups excluding carboxylic acids is 1. The molecular weight excluding hydrogens is 184 g/mol. The molecule has 0 aromatic carbocycles. The molecule has 0 rings (SSSR count). The molecule has 5 nitrogen and oxygen atoms in total. The molecular formula is C9H16N2O3. The second-order valence-electron chi connectivity index (χ2n) is 2.81. The first-order chi connectivity index (χ1) is 6.60. The van der Waals surface area contributed by atoms with Gasteiger partial charge in [-0.05, 0) is 6.92 Å². The summed E-state index contributed by atoms with van der Waals surface area (Å²) in [6, 6.07) is 0. The zero-order valence-corrected chi connectivity index (χ0v) is 8.32. The van der Waals surface area contributed by atoms with Crippen LogP contribution in [0.3, 0.4) is 0 Å². The van der Waals surface area contributed by atoms with Gasteiger partial charge in [0.15, 0.2) is 0 Å². The normalized spacial score (nSPS) is 9.86. The second kappa shape index (κ2) is 7.08. The van der Waals surface area contributed by atoms with E-state index in [2.05, 4.69) is 11.9 Å². The topological polar surface area (TPSA) is 69.6 Å². The van der Waals surface area contributed by atoms with Crippen LogP contribution in [0.4, 0.5) is 0 Å². The molecule has 2 N–H and O–H groups in total. The van der Waals surface area contributed by atoms with Gasteiger partial charge < -0.3 is 10.4 Å². The number of carbonyl (C=O) groups is 2.